The average Bonchev–Trinajstić information content (AvgIpc) is 2.72. The van der Waals surface area contributed by atoms with Crippen molar-refractivity contribution in [1.29, 1.82) is 0 Å². The molecular formula is C16H23FN2O3S. The van der Waals surface area contributed by atoms with Crippen LogP contribution < -0.4 is 9.62 Å². The number of amides is 1. The minimum Gasteiger partial charge on any atom is -0.352 e. The molecule has 0 aliphatic heterocycles. The summed E-state index contributed by atoms with van der Waals surface area (Å²) in [6.07, 6.45) is 7.34. The number of sulfonamides is 1. The molecule has 1 aliphatic rings. The second-order valence-electron chi connectivity index (χ2n) is 6.01. The molecule has 1 amide bonds. The van der Waals surface area contributed by atoms with Crippen LogP contribution in [0.3, 0.4) is 0 Å². The Morgan fingerprint density at radius 2 is 1.91 bits per heavy atom. The van der Waals surface area contributed by atoms with Gasteiger partial charge in [0.25, 0.3) is 0 Å². The minimum atomic E-state index is -3.67. The normalized spacial score (nSPS) is 16.6. The maximum atomic E-state index is 13.3. The van der Waals surface area contributed by atoms with E-state index in [9.17, 15) is 17.6 Å². The van der Waals surface area contributed by atoms with Crippen LogP contribution in [0.25, 0.3) is 0 Å². The zero-order valence-electron chi connectivity index (χ0n) is 13.3. The second kappa shape index (κ2) is 7.77. The molecule has 23 heavy (non-hydrogen) atoms. The fourth-order valence-electron chi connectivity index (χ4n) is 2.86. The van der Waals surface area contributed by atoms with Gasteiger partial charge in [0.1, 0.15) is 12.4 Å². The highest BCUT2D eigenvalue weighted by atomic mass is 32.2. The summed E-state index contributed by atoms with van der Waals surface area (Å²) < 4.78 is 38.2. The van der Waals surface area contributed by atoms with Gasteiger partial charge in [0, 0.05) is 6.04 Å². The molecule has 0 spiro atoms. The number of hydrogen-bond acceptors (Lipinski definition) is 3. The molecule has 2 rings (SSSR count). The van der Waals surface area contributed by atoms with Crippen molar-refractivity contribution >= 4 is 21.6 Å². The van der Waals surface area contributed by atoms with Gasteiger partial charge in [-0.3, -0.25) is 9.10 Å². The maximum absolute atomic E-state index is 13.3. The van der Waals surface area contributed by atoms with Gasteiger partial charge in [-0.2, -0.15) is 0 Å². The van der Waals surface area contributed by atoms with E-state index in [2.05, 4.69) is 5.32 Å². The van der Waals surface area contributed by atoms with Crippen molar-refractivity contribution in [3.63, 3.8) is 0 Å². The molecule has 1 aromatic carbocycles. The van der Waals surface area contributed by atoms with Crippen LogP contribution >= 0.6 is 0 Å². The summed E-state index contributed by atoms with van der Waals surface area (Å²) in [6.45, 7) is -0.335. The lowest BCUT2D eigenvalue weighted by atomic mass is 10.1. The first-order valence-corrected chi connectivity index (χ1v) is 9.74. The molecule has 1 fully saturated rings. The lowest BCUT2D eigenvalue weighted by molar-refractivity contribution is -0.120. The van der Waals surface area contributed by atoms with E-state index >= 15 is 0 Å². The second-order valence-corrected chi connectivity index (χ2v) is 7.91. The van der Waals surface area contributed by atoms with Gasteiger partial charge < -0.3 is 5.32 Å². The van der Waals surface area contributed by atoms with E-state index in [0.29, 0.717) is 0 Å². The van der Waals surface area contributed by atoms with E-state index in [1.165, 1.54) is 31.0 Å². The van der Waals surface area contributed by atoms with E-state index in [-0.39, 0.29) is 24.2 Å². The van der Waals surface area contributed by atoms with Crippen molar-refractivity contribution in [2.45, 2.75) is 44.6 Å². The number of benzene rings is 1. The Hall–Kier alpha value is -1.63. The van der Waals surface area contributed by atoms with E-state index < -0.39 is 15.8 Å². The van der Waals surface area contributed by atoms with E-state index in [0.717, 1.165) is 42.3 Å². The lowest BCUT2D eigenvalue weighted by Crippen LogP contribution is -2.44. The zero-order valence-corrected chi connectivity index (χ0v) is 14.1. The van der Waals surface area contributed by atoms with Crippen molar-refractivity contribution in [1.82, 2.24) is 5.32 Å². The van der Waals surface area contributed by atoms with Crippen molar-refractivity contribution in [2.24, 2.45) is 0 Å². The van der Waals surface area contributed by atoms with Crippen LogP contribution in [0, 0.1) is 5.82 Å². The third-order valence-corrected chi connectivity index (χ3v) is 5.14. The maximum Gasteiger partial charge on any atom is 0.240 e. The summed E-state index contributed by atoms with van der Waals surface area (Å²) in [4.78, 5) is 12.2. The smallest absolute Gasteiger partial charge is 0.240 e. The predicted molar refractivity (Wildman–Crippen MR) is 88.2 cm³/mol. The van der Waals surface area contributed by atoms with Crippen LogP contribution in [0.15, 0.2) is 24.3 Å². The molecule has 0 aromatic heterocycles. The van der Waals surface area contributed by atoms with Gasteiger partial charge in [0.15, 0.2) is 0 Å². The van der Waals surface area contributed by atoms with Gasteiger partial charge in [-0.25, -0.2) is 12.8 Å². The SMILES string of the molecule is CS(=O)(=O)N(CC(=O)NC1CCCCCC1)c1cccc(F)c1. The van der Waals surface area contributed by atoms with Crippen molar-refractivity contribution in [3.8, 4) is 0 Å². The number of carbonyl (C=O) groups is 1. The first kappa shape index (κ1) is 17.7. The molecule has 1 aliphatic carbocycles. The number of halogens is 1. The van der Waals surface area contributed by atoms with Gasteiger partial charge >= 0.3 is 0 Å². The Morgan fingerprint density at radius 1 is 1.26 bits per heavy atom. The largest absolute Gasteiger partial charge is 0.352 e. The number of anilines is 1. The van der Waals surface area contributed by atoms with Crippen LogP contribution in [0.2, 0.25) is 0 Å². The highest BCUT2D eigenvalue weighted by Crippen LogP contribution is 2.19. The van der Waals surface area contributed by atoms with Gasteiger partial charge in [0.05, 0.1) is 11.9 Å². The average molecular weight is 342 g/mol. The lowest BCUT2D eigenvalue weighted by Gasteiger charge is -2.23. The number of rotatable bonds is 5. The van der Waals surface area contributed by atoms with Crippen LogP contribution in [-0.4, -0.2) is 33.2 Å². The molecule has 0 radical (unpaired) electrons. The highest BCUT2D eigenvalue weighted by Gasteiger charge is 2.23. The third-order valence-electron chi connectivity index (χ3n) is 4.00. The molecule has 128 valence electrons. The molecule has 1 N–H and O–H groups in total. The predicted octanol–water partition coefficient (Wildman–Crippen LogP) is 2.43. The quantitative estimate of drug-likeness (QED) is 0.836. The Labute approximate surface area is 136 Å². The molecule has 0 saturated heterocycles. The number of nitrogens with one attached hydrogen (secondary N) is 1. The Kier molecular flexibility index (Phi) is 5.98. The standard InChI is InChI=1S/C16H23FN2O3S/c1-23(21,22)19(15-10-6-7-13(17)11-15)12-16(20)18-14-8-4-2-3-5-9-14/h6-7,10-11,14H,2-5,8-9,12H2,1H3,(H,18,20). The molecule has 0 atom stereocenters. The molecular weight excluding hydrogens is 319 g/mol. The summed E-state index contributed by atoms with van der Waals surface area (Å²) in [5.41, 5.74) is 0.156. The summed E-state index contributed by atoms with van der Waals surface area (Å²) >= 11 is 0. The summed E-state index contributed by atoms with van der Waals surface area (Å²) in [6, 6.07) is 5.34. The number of hydrogen-bond donors (Lipinski definition) is 1. The van der Waals surface area contributed by atoms with Gasteiger partial charge in [0.2, 0.25) is 15.9 Å². The molecule has 1 saturated carbocycles. The molecule has 7 heteroatoms. The summed E-state index contributed by atoms with van der Waals surface area (Å²) in [7, 11) is -3.67. The van der Waals surface area contributed by atoms with Gasteiger partial charge in [-0.15, -0.1) is 0 Å². The monoisotopic (exact) mass is 342 g/mol. The Balaban J connectivity index is 2.07. The molecule has 0 unspecified atom stereocenters. The van der Waals surface area contributed by atoms with Crippen molar-refractivity contribution in [3.05, 3.63) is 30.1 Å². The van der Waals surface area contributed by atoms with Crippen LogP contribution in [0.5, 0.6) is 0 Å². The third kappa shape index (κ3) is 5.49. The summed E-state index contributed by atoms with van der Waals surface area (Å²) in [5.74, 6) is -0.896. The van der Waals surface area contributed by atoms with Crippen LogP contribution in [0.4, 0.5) is 10.1 Å². The molecule has 1 aromatic rings. The van der Waals surface area contributed by atoms with Gasteiger partial charge in [-0.05, 0) is 31.0 Å². The number of nitrogens with zero attached hydrogens (tertiary/aromatic N) is 1. The minimum absolute atomic E-state index is 0.0962. The van der Waals surface area contributed by atoms with Gasteiger partial charge in [-0.1, -0.05) is 31.7 Å². The molecule has 0 bridgehead atoms. The van der Waals surface area contributed by atoms with E-state index in [1.54, 1.807) is 0 Å². The van der Waals surface area contributed by atoms with Crippen LogP contribution in [-0.2, 0) is 14.8 Å². The molecule has 0 heterocycles. The zero-order chi connectivity index (χ0) is 16.9. The van der Waals surface area contributed by atoms with Crippen LogP contribution in [0.1, 0.15) is 38.5 Å². The highest BCUT2D eigenvalue weighted by molar-refractivity contribution is 7.92. The van der Waals surface area contributed by atoms with Crippen molar-refractivity contribution < 1.29 is 17.6 Å². The summed E-state index contributed by atoms with van der Waals surface area (Å²) in [5, 5.41) is 2.91. The van der Waals surface area contributed by atoms with E-state index in [1.807, 2.05) is 0 Å². The first-order chi connectivity index (χ1) is 10.9. The Morgan fingerprint density at radius 3 is 2.48 bits per heavy atom. The van der Waals surface area contributed by atoms with E-state index in [4.69, 9.17) is 0 Å². The fraction of sp³-hybridized carbons (Fsp3) is 0.562. The number of carbonyl (C=O) groups excluding carboxylic acids is 1. The first-order valence-electron chi connectivity index (χ1n) is 7.89. The topological polar surface area (TPSA) is 66.5 Å². The fourth-order valence-corrected chi connectivity index (χ4v) is 3.71. The molecule has 5 nitrogen and oxygen atoms in total. The van der Waals surface area contributed by atoms with Crippen molar-refractivity contribution in [2.75, 3.05) is 17.1 Å². The Bertz CT molecular complexity index is 640.